The summed E-state index contributed by atoms with van der Waals surface area (Å²) in [7, 11) is 0. The molecule has 0 bridgehead atoms. The van der Waals surface area contributed by atoms with Gasteiger partial charge in [0.15, 0.2) is 5.17 Å². The minimum Gasteiger partial charge on any atom is -0.373 e. The van der Waals surface area contributed by atoms with Crippen molar-refractivity contribution in [2.24, 2.45) is 4.99 Å². The smallest absolute Gasteiger partial charge is 0.156 e. The highest BCUT2D eigenvalue weighted by Gasteiger charge is 2.29. The molecule has 2 aliphatic heterocycles. The van der Waals surface area contributed by atoms with Gasteiger partial charge in [-0.15, -0.1) is 0 Å². The Bertz CT molecular complexity index is 262. The summed E-state index contributed by atoms with van der Waals surface area (Å²) in [6.45, 7) is 6.11. The van der Waals surface area contributed by atoms with Gasteiger partial charge in [0.05, 0.1) is 12.1 Å². The molecule has 92 valence electrons. The van der Waals surface area contributed by atoms with Gasteiger partial charge in [-0.3, -0.25) is 4.99 Å². The Morgan fingerprint density at radius 3 is 3.19 bits per heavy atom. The van der Waals surface area contributed by atoms with Crippen LogP contribution in [-0.4, -0.2) is 35.7 Å². The lowest BCUT2D eigenvalue weighted by molar-refractivity contribution is 0.0284. The van der Waals surface area contributed by atoms with E-state index < -0.39 is 0 Å². The summed E-state index contributed by atoms with van der Waals surface area (Å²) in [6, 6.07) is 0.623. The normalized spacial score (nSPS) is 37.6. The summed E-state index contributed by atoms with van der Waals surface area (Å²) < 4.78 is 5.74. The van der Waals surface area contributed by atoms with E-state index in [0.29, 0.717) is 6.04 Å². The predicted octanol–water partition coefficient (Wildman–Crippen LogP) is 2.42. The highest BCUT2D eigenvalue weighted by Crippen LogP contribution is 2.26. The van der Waals surface area contributed by atoms with E-state index in [1.54, 1.807) is 0 Å². The van der Waals surface area contributed by atoms with Crippen molar-refractivity contribution in [1.82, 2.24) is 5.32 Å². The Kier molecular flexibility index (Phi) is 4.14. The third kappa shape index (κ3) is 3.14. The predicted molar refractivity (Wildman–Crippen MR) is 70.2 cm³/mol. The van der Waals surface area contributed by atoms with Gasteiger partial charge in [-0.1, -0.05) is 18.7 Å². The number of nitrogens with one attached hydrogen (secondary N) is 1. The third-order valence-electron chi connectivity index (χ3n) is 3.38. The van der Waals surface area contributed by atoms with E-state index in [1.165, 1.54) is 25.0 Å². The maximum atomic E-state index is 5.74. The highest BCUT2D eigenvalue weighted by atomic mass is 32.2. The van der Waals surface area contributed by atoms with E-state index >= 15 is 0 Å². The fourth-order valence-electron chi connectivity index (χ4n) is 2.18. The monoisotopic (exact) mass is 242 g/mol. The largest absolute Gasteiger partial charge is 0.373 e. The van der Waals surface area contributed by atoms with Crippen LogP contribution in [0.3, 0.4) is 0 Å². The fourth-order valence-corrected chi connectivity index (χ4v) is 3.19. The molecule has 0 spiro atoms. The molecular formula is C12H22N2OS. The van der Waals surface area contributed by atoms with E-state index in [0.717, 1.165) is 24.7 Å². The van der Waals surface area contributed by atoms with Gasteiger partial charge < -0.3 is 10.1 Å². The molecule has 0 saturated carbocycles. The van der Waals surface area contributed by atoms with Crippen LogP contribution in [0.1, 0.15) is 39.5 Å². The molecule has 0 aromatic rings. The van der Waals surface area contributed by atoms with Gasteiger partial charge in [-0.2, -0.15) is 0 Å². The molecule has 0 aliphatic carbocycles. The van der Waals surface area contributed by atoms with Gasteiger partial charge in [-0.25, -0.2) is 0 Å². The Morgan fingerprint density at radius 1 is 1.62 bits per heavy atom. The van der Waals surface area contributed by atoms with Crippen molar-refractivity contribution in [3.63, 3.8) is 0 Å². The van der Waals surface area contributed by atoms with Gasteiger partial charge in [0.1, 0.15) is 0 Å². The van der Waals surface area contributed by atoms with E-state index in [4.69, 9.17) is 4.74 Å². The first-order valence-electron chi connectivity index (χ1n) is 6.29. The van der Waals surface area contributed by atoms with Crippen molar-refractivity contribution in [3.05, 3.63) is 0 Å². The lowest BCUT2D eigenvalue weighted by Gasteiger charge is -2.26. The van der Waals surface area contributed by atoms with Crippen molar-refractivity contribution in [3.8, 4) is 0 Å². The molecular weight excluding hydrogens is 220 g/mol. The number of hydrogen-bond acceptors (Lipinski definition) is 3. The van der Waals surface area contributed by atoms with Gasteiger partial charge in [0.2, 0.25) is 0 Å². The Labute approximate surface area is 102 Å². The highest BCUT2D eigenvalue weighted by molar-refractivity contribution is 8.13. The van der Waals surface area contributed by atoms with E-state index in [9.17, 15) is 0 Å². The second kappa shape index (κ2) is 5.41. The molecule has 0 amide bonds. The van der Waals surface area contributed by atoms with Crippen molar-refractivity contribution in [2.45, 2.75) is 51.2 Å². The molecule has 2 heterocycles. The average Bonchev–Trinajstić information content (AvgIpc) is 2.75. The minimum atomic E-state index is -0.00556. The zero-order valence-electron chi connectivity index (χ0n) is 10.3. The Morgan fingerprint density at radius 2 is 2.50 bits per heavy atom. The van der Waals surface area contributed by atoms with Crippen LogP contribution in [0.4, 0.5) is 0 Å². The number of ether oxygens (including phenoxy) is 1. The number of rotatable bonds is 3. The number of hydrogen-bond donors (Lipinski definition) is 1. The zero-order chi connectivity index (χ0) is 11.4. The summed E-state index contributed by atoms with van der Waals surface area (Å²) in [5.74, 6) is 1.20. The molecule has 2 fully saturated rings. The molecule has 3 nitrogen and oxygen atoms in total. The number of amidine groups is 1. The molecule has 0 radical (unpaired) electrons. The minimum absolute atomic E-state index is 0.00556. The third-order valence-corrected chi connectivity index (χ3v) is 4.34. The van der Waals surface area contributed by atoms with Gasteiger partial charge in [0, 0.05) is 18.4 Å². The number of nitrogens with zero attached hydrogens (tertiary/aromatic N) is 1. The first-order valence-corrected chi connectivity index (χ1v) is 7.28. The summed E-state index contributed by atoms with van der Waals surface area (Å²) in [6.07, 6.45) is 4.77. The quantitative estimate of drug-likeness (QED) is 0.825. The van der Waals surface area contributed by atoms with Crippen LogP contribution >= 0.6 is 11.8 Å². The number of aliphatic imine (C=N–C) groups is 1. The second-order valence-corrected chi connectivity index (χ2v) is 5.99. The zero-order valence-corrected chi connectivity index (χ0v) is 11.1. The molecule has 2 atom stereocenters. The first-order chi connectivity index (χ1) is 7.72. The molecule has 2 saturated heterocycles. The van der Waals surface area contributed by atoms with E-state index in [2.05, 4.69) is 24.2 Å². The van der Waals surface area contributed by atoms with Gasteiger partial charge >= 0.3 is 0 Å². The molecule has 2 aliphatic rings. The van der Waals surface area contributed by atoms with E-state index in [1.807, 2.05) is 11.8 Å². The van der Waals surface area contributed by atoms with Crippen LogP contribution in [0.2, 0.25) is 0 Å². The van der Waals surface area contributed by atoms with Crippen molar-refractivity contribution < 1.29 is 4.74 Å². The first kappa shape index (κ1) is 12.2. The van der Waals surface area contributed by atoms with Crippen LogP contribution in [0, 0.1) is 0 Å². The van der Waals surface area contributed by atoms with Crippen molar-refractivity contribution in [2.75, 3.05) is 18.9 Å². The molecule has 0 aromatic heterocycles. The maximum Gasteiger partial charge on any atom is 0.156 e. The summed E-state index contributed by atoms with van der Waals surface area (Å²) in [5.41, 5.74) is -0.00556. The van der Waals surface area contributed by atoms with Crippen LogP contribution < -0.4 is 5.32 Å². The summed E-state index contributed by atoms with van der Waals surface area (Å²) >= 11 is 1.85. The summed E-state index contributed by atoms with van der Waals surface area (Å²) in [5, 5.41) is 4.62. The fraction of sp³-hybridized carbons (Fsp3) is 0.917. The molecule has 2 rings (SSSR count). The van der Waals surface area contributed by atoms with Crippen molar-refractivity contribution >= 4 is 16.9 Å². The van der Waals surface area contributed by atoms with Gasteiger partial charge in [0.25, 0.3) is 0 Å². The van der Waals surface area contributed by atoms with Crippen LogP contribution in [0.15, 0.2) is 4.99 Å². The lowest BCUT2D eigenvalue weighted by Crippen LogP contribution is -2.38. The molecule has 16 heavy (non-hydrogen) atoms. The van der Waals surface area contributed by atoms with Crippen molar-refractivity contribution in [1.29, 1.82) is 0 Å². The van der Waals surface area contributed by atoms with Crippen LogP contribution in [0.5, 0.6) is 0 Å². The molecule has 0 aromatic carbocycles. The summed E-state index contributed by atoms with van der Waals surface area (Å²) in [4.78, 5) is 4.68. The SMILES string of the molecule is CCC1CCSC(=NCC2(C)CCCO2)N1. The van der Waals surface area contributed by atoms with Crippen LogP contribution in [0.25, 0.3) is 0 Å². The number of thioether (sulfide) groups is 1. The standard InChI is InChI=1S/C12H22N2OS/c1-3-10-5-8-16-11(14-10)13-9-12(2)6-4-7-15-12/h10H,3-9H2,1-2H3,(H,13,14). The lowest BCUT2D eigenvalue weighted by atomic mass is 10.0. The molecule has 1 N–H and O–H groups in total. The maximum absolute atomic E-state index is 5.74. The average molecular weight is 242 g/mol. The Balaban J connectivity index is 1.86. The Hall–Kier alpha value is -0.220. The second-order valence-electron chi connectivity index (χ2n) is 4.91. The molecule has 4 heteroatoms. The van der Waals surface area contributed by atoms with Crippen LogP contribution in [-0.2, 0) is 4.74 Å². The van der Waals surface area contributed by atoms with Gasteiger partial charge in [-0.05, 0) is 32.6 Å². The van der Waals surface area contributed by atoms with E-state index in [-0.39, 0.29) is 5.60 Å². The topological polar surface area (TPSA) is 33.6 Å². The molecule has 2 unspecified atom stereocenters.